The standard InChI is InChI=1S/C30H27NO2/c1-19(2)23-9-6-10-25(17-23)30(3,4)31-29(32)33-18-24-14-13-22-12-11-20-7-5-8-21-15-16-26(24)28(22)27(20)21/h5-17H,1,18H2,2-4H3,(H,31,32). The number of hydrogen-bond acceptors (Lipinski definition) is 2. The fraction of sp³-hybridized carbons (Fsp3) is 0.167. The molecule has 5 aromatic rings. The molecule has 33 heavy (non-hydrogen) atoms. The van der Waals surface area contributed by atoms with Crippen molar-refractivity contribution in [1.82, 2.24) is 5.32 Å². The lowest BCUT2D eigenvalue weighted by Gasteiger charge is -2.27. The number of carbonyl (C=O) groups is 1. The van der Waals surface area contributed by atoms with E-state index in [4.69, 9.17) is 4.74 Å². The van der Waals surface area contributed by atoms with Crippen LogP contribution < -0.4 is 5.32 Å². The zero-order valence-electron chi connectivity index (χ0n) is 19.2. The maximum Gasteiger partial charge on any atom is 0.408 e. The number of benzene rings is 5. The molecule has 0 bridgehead atoms. The molecule has 0 aliphatic rings. The fourth-order valence-electron chi connectivity index (χ4n) is 4.60. The van der Waals surface area contributed by atoms with Crippen LogP contribution in [0.15, 0.2) is 85.4 Å². The van der Waals surface area contributed by atoms with Gasteiger partial charge in [-0.05, 0) is 75.8 Å². The molecule has 3 heteroatoms. The first kappa shape index (κ1) is 21.0. The normalized spacial score (nSPS) is 11.8. The quantitative estimate of drug-likeness (QED) is 0.287. The Labute approximate surface area is 194 Å². The van der Waals surface area contributed by atoms with Gasteiger partial charge in [-0.3, -0.25) is 0 Å². The second kappa shape index (κ2) is 7.93. The van der Waals surface area contributed by atoms with E-state index < -0.39 is 11.6 Å². The van der Waals surface area contributed by atoms with Crippen LogP contribution in [0.1, 0.15) is 37.5 Å². The van der Waals surface area contributed by atoms with Gasteiger partial charge in [0.2, 0.25) is 0 Å². The van der Waals surface area contributed by atoms with Gasteiger partial charge in [-0.2, -0.15) is 0 Å². The first-order valence-electron chi connectivity index (χ1n) is 11.2. The highest BCUT2D eigenvalue weighted by atomic mass is 16.5. The number of rotatable bonds is 5. The third-order valence-corrected chi connectivity index (χ3v) is 6.47. The van der Waals surface area contributed by atoms with Crippen molar-refractivity contribution in [1.29, 1.82) is 0 Å². The van der Waals surface area contributed by atoms with Gasteiger partial charge in [0, 0.05) is 0 Å². The Morgan fingerprint density at radius 2 is 1.52 bits per heavy atom. The molecule has 164 valence electrons. The first-order valence-corrected chi connectivity index (χ1v) is 11.2. The van der Waals surface area contributed by atoms with E-state index in [-0.39, 0.29) is 6.61 Å². The Bertz CT molecular complexity index is 1500. The summed E-state index contributed by atoms with van der Waals surface area (Å²) in [6, 6.07) is 27.2. The number of alkyl carbamates (subject to hydrolysis) is 1. The van der Waals surface area contributed by atoms with Crippen molar-refractivity contribution in [2.75, 3.05) is 0 Å². The van der Waals surface area contributed by atoms with Gasteiger partial charge in [-0.15, -0.1) is 0 Å². The van der Waals surface area contributed by atoms with E-state index in [1.165, 1.54) is 26.9 Å². The summed E-state index contributed by atoms with van der Waals surface area (Å²) in [5, 5.41) is 10.3. The van der Waals surface area contributed by atoms with Gasteiger partial charge in [-0.25, -0.2) is 4.79 Å². The van der Waals surface area contributed by atoms with Crippen molar-refractivity contribution in [3.63, 3.8) is 0 Å². The van der Waals surface area contributed by atoms with Crippen LogP contribution in [0.4, 0.5) is 4.79 Å². The largest absolute Gasteiger partial charge is 0.445 e. The molecule has 0 radical (unpaired) electrons. The molecule has 0 saturated carbocycles. The van der Waals surface area contributed by atoms with Crippen molar-refractivity contribution in [3.8, 4) is 0 Å². The topological polar surface area (TPSA) is 38.3 Å². The zero-order chi connectivity index (χ0) is 23.2. The molecule has 1 N–H and O–H groups in total. The molecule has 0 heterocycles. The summed E-state index contributed by atoms with van der Waals surface area (Å²) in [5.41, 5.74) is 3.47. The van der Waals surface area contributed by atoms with Crippen molar-refractivity contribution in [3.05, 3.63) is 102 Å². The maximum absolute atomic E-state index is 12.7. The summed E-state index contributed by atoms with van der Waals surface area (Å²) in [7, 11) is 0. The highest BCUT2D eigenvalue weighted by Gasteiger charge is 2.24. The highest BCUT2D eigenvalue weighted by molar-refractivity contribution is 6.23. The summed E-state index contributed by atoms with van der Waals surface area (Å²) in [5.74, 6) is 0. The smallest absolute Gasteiger partial charge is 0.408 e. The van der Waals surface area contributed by atoms with Gasteiger partial charge in [0.05, 0.1) is 5.54 Å². The van der Waals surface area contributed by atoms with E-state index in [0.29, 0.717) is 0 Å². The van der Waals surface area contributed by atoms with E-state index in [9.17, 15) is 4.79 Å². The van der Waals surface area contributed by atoms with Gasteiger partial charge in [0.25, 0.3) is 0 Å². The van der Waals surface area contributed by atoms with Crippen LogP contribution >= 0.6 is 0 Å². The molecule has 5 aromatic carbocycles. The molecular formula is C30H27NO2. The van der Waals surface area contributed by atoms with Crippen molar-refractivity contribution in [2.45, 2.75) is 32.9 Å². The minimum absolute atomic E-state index is 0.210. The zero-order valence-corrected chi connectivity index (χ0v) is 19.2. The Hall–Kier alpha value is -3.85. The van der Waals surface area contributed by atoms with Crippen LogP contribution in [-0.4, -0.2) is 6.09 Å². The van der Waals surface area contributed by atoms with Crippen molar-refractivity contribution in [2.24, 2.45) is 0 Å². The minimum atomic E-state index is -0.578. The van der Waals surface area contributed by atoms with Gasteiger partial charge in [0.1, 0.15) is 6.61 Å². The summed E-state index contributed by atoms with van der Waals surface area (Å²) in [6.07, 6.45) is -0.438. The van der Waals surface area contributed by atoms with Gasteiger partial charge in [-0.1, -0.05) is 84.9 Å². The summed E-state index contributed by atoms with van der Waals surface area (Å²) >= 11 is 0. The molecule has 1 amide bonds. The molecule has 0 fully saturated rings. The van der Waals surface area contributed by atoms with E-state index in [1.54, 1.807) is 0 Å². The van der Waals surface area contributed by atoms with Gasteiger partial charge < -0.3 is 10.1 Å². The van der Waals surface area contributed by atoms with Crippen molar-refractivity contribution >= 4 is 44.0 Å². The third-order valence-electron chi connectivity index (χ3n) is 6.47. The lowest BCUT2D eigenvalue weighted by Crippen LogP contribution is -2.41. The molecular weight excluding hydrogens is 406 g/mol. The molecule has 3 nitrogen and oxygen atoms in total. The predicted molar refractivity (Wildman–Crippen MR) is 138 cm³/mol. The Morgan fingerprint density at radius 3 is 2.24 bits per heavy atom. The molecule has 0 aromatic heterocycles. The molecule has 0 saturated heterocycles. The fourth-order valence-corrected chi connectivity index (χ4v) is 4.60. The molecule has 0 atom stereocenters. The van der Waals surface area contributed by atoms with E-state index in [0.717, 1.165) is 27.6 Å². The third kappa shape index (κ3) is 3.80. The van der Waals surface area contributed by atoms with Crippen LogP contribution in [0.3, 0.4) is 0 Å². The Balaban J connectivity index is 1.39. The van der Waals surface area contributed by atoms with Crippen molar-refractivity contribution < 1.29 is 9.53 Å². The summed E-state index contributed by atoms with van der Waals surface area (Å²) in [6.45, 7) is 10.2. The number of allylic oxidation sites excluding steroid dienone is 1. The Morgan fingerprint density at radius 1 is 0.879 bits per heavy atom. The number of nitrogens with one attached hydrogen (secondary N) is 1. The summed E-state index contributed by atoms with van der Waals surface area (Å²) in [4.78, 5) is 12.7. The van der Waals surface area contributed by atoms with E-state index in [2.05, 4.69) is 72.6 Å². The predicted octanol–water partition coefficient (Wildman–Crippen LogP) is 7.78. The number of ether oxygens (including phenoxy) is 1. The van der Waals surface area contributed by atoms with Gasteiger partial charge in [0.15, 0.2) is 0 Å². The maximum atomic E-state index is 12.7. The van der Waals surface area contributed by atoms with Crippen LogP contribution in [-0.2, 0) is 16.9 Å². The van der Waals surface area contributed by atoms with Crippen LogP contribution in [0.5, 0.6) is 0 Å². The molecule has 0 aliphatic carbocycles. The number of carbonyl (C=O) groups excluding carboxylic acids is 1. The first-order chi connectivity index (χ1) is 15.8. The number of hydrogen-bond donors (Lipinski definition) is 1. The Kier molecular flexibility index (Phi) is 5.05. The lowest BCUT2D eigenvalue weighted by molar-refractivity contribution is 0.130. The molecule has 0 aliphatic heterocycles. The molecule has 5 rings (SSSR count). The average Bonchev–Trinajstić information content (AvgIpc) is 2.81. The minimum Gasteiger partial charge on any atom is -0.445 e. The average molecular weight is 434 g/mol. The van der Waals surface area contributed by atoms with Gasteiger partial charge >= 0.3 is 6.09 Å². The SMILES string of the molecule is C=C(C)c1cccc(C(C)(C)NC(=O)OCc2ccc3ccc4cccc5ccc2c3c45)c1. The highest BCUT2D eigenvalue weighted by Crippen LogP contribution is 2.36. The van der Waals surface area contributed by atoms with Crippen LogP contribution in [0, 0.1) is 0 Å². The number of amides is 1. The van der Waals surface area contributed by atoms with Crippen LogP contribution in [0.25, 0.3) is 37.9 Å². The molecule has 0 unspecified atom stereocenters. The monoisotopic (exact) mass is 433 g/mol. The van der Waals surface area contributed by atoms with Crippen LogP contribution in [0.2, 0.25) is 0 Å². The van der Waals surface area contributed by atoms with E-state index >= 15 is 0 Å². The summed E-state index contributed by atoms with van der Waals surface area (Å²) < 4.78 is 5.69. The lowest BCUT2D eigenvalue weighted by atomic mass is 9.92. The van der Waals surface area contributed by atoms with E-state index in [1.807, 2.05) is 39.0 Å². The molecule has 0 spiro atoms. The second-order valence-electron chi connectivity index (χ2n) is 9.27. The second-order valence-corrected chi connectivity index (χ2v) is 9.27.